The smallest absolute Gasteiger partial charge is 0.407 e. The third kappa shape index (κ3) is 3.09. The summed E-state index contributed by atoms with van der Waals surface area (Å²) in [5.74, 6) is 0.868. The van der Waals surface area contributed by atoms with Crippen LogP contribution in [0.1, 0.15) is 12.8 Å². The van der Waals surface area contributed by atoms with Crippen molar-refractivity contribution in [2.45, 2.75) is 18.9 Å². The zero-order valence-electron chi connectivity index (χ0n) is 9.87. The van der Waals surface area contributed by atoms with Crippen molar-refractivity contribution in [3.05, 3.63) is 0 Å². The summed E-state index contributed by atoms with van der Waals surface area (Å²) in [5, 5.41) is 6.15. The molecule has 0 aromatic rings. The number of carbonyl (C=O) groups is 1. The van der Waals surface area contributed by atoms with Crippen molar-refractivity contribution >= 4 is 6.09 Å². The number of alkyl carbamates (subject to hydrolysis) is 1. The van der Waals surface area contributed by atoms with Gasteiger partial charge in [0.2, 0.25) is 0 Å². The third-order valence-corrected chi connectivity index (χ3v) is 3.50. The average molecular weight is 227 g/mol. The molecule has 0 spiro atoms. The molecule has 0 aromatic carbocycles. The highest BCUT2D eigenvalue weighted by Crippen LogP contribution is 2.14. The highest BCUT2D eigenvalue weighted by Gasteiger charge is 2.25. The van der Waals surface area contributed by atoms with Crippen LogP contribution in [0.5, 0.6) is 0 Å². The lowest BCUT2D eigenvalue weighted by molar-refractivity contribution is 0.166. The van der Waals surface area contributed by atoms with Crippen molar-refractivity contribution in [1.82, 2.24) is 15.5 Å². The highest BCUT2D eigenvalue weighted by molar-refractivity contribution is 5.67. The molecule has 1 amide bonds. The van der Waals surface area contributed by atoms with E-state index in [-0.39, 0.29) is 12.1 Å². The molecule has 2 fully saturated rings. The highest BCUT2D eigenvalue weighted by atomic mass is 16.5. The quantitative estimate of drug-likeness (QED) is 0.711. The molecule has 1 atom stereocenters. The van der Waals surface area contributed by atoms with Crippen molar-refractivity contribution in [1.29, 1.82) is 0 Å². The van der Waals surface area contributed by atoms with Gasteiger partial charge in [-0.25, -0.2) is 4.79 Å². The second-order valence-electron chi connectivity index (χ2n) is 4.74. The van der Waals surface area contributed by atoms with Crippen molar-refractivity contribution in [3.8, 4) is 0 Å². The summed E-state index contributed by atoms with van der Waals surface area (Å²) in [6.07, 6.45) is 2.01. The first-order chi connectivity index (χ1) is 7.78. The van der Waals surface area contributed by atoms with Crippen molar-refractivity contribution < 1.29 is 9.53 Å². The lowest BCUT2D eigenvalue weighted by atomic mass is 9.99. The molecule has 0 bridgehead atoms. The maximum Gasteiger partial charge on any atom is 0.407 e. The van der Waals surface area contributed by atoms with Crippen LogP contribution in [0.3, 0.4) is 0 Å². The fourth-order valence-corrected chi connectivity index (χ4v) is 2.30. The Morgan fingerprint density at radius 3 is 3.00 bits per heavy atom. The molecule has 0 aromatic heterocycles. The molecule has 2 aliphatic rings. The molecule has 2 aliphatic heterocycles. The monoisotopic (exact) mass is 227 g/mol. The van der Waals surface area contributed by atoms with Gasteiger partial charge in [0.15, 0.2) is 0 Å². The first-order valence-electron chi connectivity index (χ1n) is 6.05. The Labute approximate surface area is 96.5 Å². The lowest BCUT2D eigenvalue weighted by Gasteiger charge is -2.28. The summed E-state index contributed by atoms with van der Waals surface area (Å²) < 4.78 is 4.60. The van der Waals surface area contributed by atoms with E-state index in [1.165, 1.54) is 26.6 Å². The number of likely N-dealkylation sites (tertiary alicyclic amines) is 1. The van der Waals surface area contributed by atoms with Gasteiger partial charge in [0, 0.05) is 19.1 Å². The summed E-state index contributed by atoms with van der Waals surface area (Å²) in [7, 11) is 1.41. The Kier molecular flexibility index (Phi) is 4.01. The van der Waals surface area contributed by atoms with Crippen LogP contribution in [-0.4, -0.2) is 56.9 Å². The number of rotatable bonds is 4. The van der Waals surface area contributed by atoms with Gasteiger partial charge in [0.05, 0.1) is 7.11 Å². The molecule has 2 N–H and O–H groups in total. The van der Waals surface area contributed by atoms with E-state index >= 15 is 0 Å². The normalized spacial score (nSPS) is 26.4. The van der Waals surface area contributed by atoms with E-state index in [0.717, 1.165) is 32.0 Å². The van der Waals surface area contributed by atoms with E-state index in [4.69, 9.17) is 0 Å². The van der Waals surface area contributed by atoms with Crippen molar-refractivity contribution in [2.75, 3.05) is 39.8 Å². The first-order valence-corrected chi connectivity index (χ1v) is 6.05. The zero-order chi connectivity index (χ0) is 11.4. The number of ether oxygens (including phenoxy) is 1. The fraction of sp³-hybridized carbons (Fsp3) is 0.909. The summed E-state index contributed by atoms with van der Waals surface area (Å²) in [4.78, 5) is 13.5. The number of nitrogens with one attached hydrogen (secondary N) is 2. The molecular weight excluding hydrogens is 206 g/mol. The minimum Gasteiger partial charge on any atom is -0.453 e. The van der Waals surface area contributed by atoms with Gasteiger partial charge < -0.3 is 20.3 Å². The van der Waals surface area contributed by atoms with Gasteiger partial charge >= 0.3 is 6.09 Å². The molecule has 2 rings (SSSR count). The lowest BCUT2D eigenvalue weighted by Crippen LogP contribution is -2.43. The second kappa shape index (κ2) is 5.50. The zero-order valence-corrected chi connectivity index (χ0v) is 9.87. The van der Waals surface area contributed by atoms with Crippen LogP contribution in [0, 0.1) is 5.92 Å². The van der Waals surface area contributed by atoms with Gasteiger partial charge in [-0.2, -0.15) is 0 Å². The number of hydrogen-bond donors (Lipinski definition) is 2. The molecule has 92 valence electrons. The van der Waals surface area contributed by atoms with Crippen LogP contribution < -0.4 is 10.6 Å². The number of nitrogens with zero attached hydrogens (tertiary/aromatic N) is 1. The Hall–Kier alpha value is -0.810. The van der Waals surface area contributed by atoms with Gasteiger partial charge in [0.25, 0.3) is 0 Å². The van der Waals surface area contributed by atoms with Gasteiger partial charge in [-0.15, -0.1) is 0 Å². The SMILES string of the molecule is COC(=O)NC1CCN(CCC2CNC2)C1. The molecule has 5 nitrogen and oxygen atoms in total. The Morgan fingerprint density at radius 1 is 1.56 bits per heavy atom. The predicted molar refractivity (Wildman–Crippen MR) is 61.4 cm³/mol. The van der Waals surface area contributed by atoms with Crippen molar-refractivity contribution in [3.63, 3.8) is 0 Å². The van der Waals surface area contributed by atoms with Gasteiger partial charge in [-0.1, -0.05) is 0 Å². The maximum absolute atomic E-state index is 11.0. The van der Waals surface area contributed by atoms with Gasteiger partial charge in [0.1, 0.15) is 0 Å². The molecule has 1 unspecified atom stereocenters. The predicted octanol–water partition coefficient (Wildman–Crippen LogP) is 0.0262. The molecule has 2 heterocycles. The topological polar surface area (TPSA) is 53.6 Å². The number of hydrogen-bond acceptors (Lipinski definition) is 4. The van der Waals surface area contributed by atoms with E-state index in [1.807, 2.05) is 0 Å². The number of amides is 1. The average Bonchev–Trinajstić information content (AvgIpc) is 2.63. The number of methoxy groups -OCH3 is 1. The van der Waals surface area contributed by atoms with Crippen LogP contribution in [0.25, 0.3) is 0 Å². The molecule has 0 aliphatic carbocycles. The van der Waals surface area contributed by atoms with Crippen molar-refractivity contribution in [2.24, 2.45) is 5.92 Å². The van der Waals surface area contributed by atoms with E-state index in [1.54, 1.807) is 0 Å². The maximum atomic E-state index is 11.0. The molecule has 2 saturated heterocycles. The Balaban J connectivity index is 1.61. The molecule has 0 saturated carbocycles. The molecule has 16 heavy (non-hydrogen) atoms. The summed E-state index contributed by atoms with van der Waals surface area (Å²) >= 11 is 0. The molecular formula is C11H21N3O2. The first kappa shape index (κ1) is 11.7. The summed E-state index contributed by atoms with van der Waals surface area (Å²) in [6.45, 7) is 5.57. The fourth-order valence-electron chi connectivity index (χ4n) is 2.30. The Bertz CT molecular complexity index is 243. The van der Waals surface area contributed by atoms with Crippen LogP contribution in [0.4, 0.5) is 4.79 Å². The van der Waals surface area contributed by atoms with Crippen LogP contribution in [0.15, 0.2) is 0 Å². The van der Waals surface area contributed by atoms with E-state index < -0.39 is 0 Å². The van der Waals surface area contributed by atoms with Crippen LogP contribution in [-0.2, 0) is 4.74 Å². The Morgan fingerprint density at radius 2 is 2.38 bits per heavy atom. The molecule has 0 radical (unpaired) electrons. The van der Waals surface area contributed by atoms with E-state index in [0.29, 0.717) is 0 Å². The summed E-state index contributed by atoms with van der Waals surface area (Å²) in [6, 6.07) is 0.270. The minimum atomic E-state index is -0.310. The third-order valence-electron chi connectivity index (χ3n) is 3.50. The second-order valence-corrected chi connectivity index (χ2v) is 4.74. The van der Waals surface area contributed by atoms with Gasteiger partial charge in [-0.05, 0) is 38.4 Å². The van der Waals surface area contributed by atoms with Crippen LogP contribution >= 0.6 is 0 Å². The standard InChI is InChI=1S/C11H21N3O2/c1-16-11(15)13-10-3-5-14(8-10)4-2-9-6-12-7-9/h9-10,12H,2-8H2,1H3,(H,13,15). The van der Waals surface area contributed by atoms with E-state index in [2.05, 4.69) is 20.3 Å². The molecule has 5 heteroatoms. The summed E-state index contributed by atoms with van der Waals surface area (Å²) in [5.41, 5.74) is 0. The minimum absolute atomic E-state index is 0.270. The largest absolute Gasteiger partial charge is 0.453 e. The van der Waals surface area contributed by atoms with E-state index in [9.17, 15) is 4.79 Å². The van der Waals surface area contributed by atoms with Gasteiger partial charge in [-0.3, -0.25) is 0 Å². The van der Waals surface area contributed by atoms with Crippen LogP contribution in [0.2, 0.25) is 0 Å². The number of carbonyl (C=O) groups excluding carboxylic acids is 1.